The maximum Gasteiger partial charge on any atom is 0.451 e. The number of hydrogen-bond acceptors (Lipinski definition) is 5. The molecule has 19 heteroatoms. The van der Waals surface area contributed by atoms with Crippen molar-refractivity contribution in [1.82, 2.24) is 14.8 Å². The number of hydrogen-bond donors (Lipinski definition) is 1. The molecule has 2 heterocycles. The molecule has 3 aromatic rings. The summed E-state index contributed by atoms with van der Waals surface area (Å²) in [5.41, 5.74) is -4.07. The highest BCUT2D eigenvalue weighted by Crippen LogP contribution is 2.50. The lowest BCUT2D eigenvalue weighted by atomic mass is 9.86. The Kier molecular flexibility index (Phi) is 7.90. The summed E-state index contributed by atoms with van der Waals surface area (Å²) in [6.07, 6.45) is -16.4. The Balaban J connectivity index is 1.59. The van der Waals surface area contributed by atoms with Gasteiger partial charge in [0.05, 0.1) is 15.8 Å². The van der Waals surface area contributed by atoms with Crippen LogP contribution in [0.15, 0.2) is 35.5 Å². The fourth-order valence-electron chi connectivity index (χ4n) is 4.00. The van der Waals surface area contributed by atoms with E-state index in [-0.39, 0.29) is 22.4 Å². The van der Waals surface area contributed by atoms with Crippen LogP contribution in [0.2, 0.25) is 10.0 Å². The first-order chi connectivity index (χ1) is 19.2. The quantitative estimate of drug-likeness (QED) is 0.230. The topological polar surface area (TPSA) is 81.4 Å². The minimum atomic E-state index is -5.32. The average molecular weight is 652 g/mol. The van der Waals surface area contributed by atoms with Gasteiger partial charge in [-0.1, -0.05) is 34.4 Å². The molecular formula is C23H13Cl2F10N5O2. The highest BCUT2D eigenvalue weighted by atomic mass is 35.5. The average Bonchev–Trinajstić information content (AvgIpc) is 3.46. The van der Waals surface area contributed by atoms with Gasteiger partial charge in [0.2, 0.25) is 11.8 Å². The van der Waals surface area contributed by atoms with Crippen molar-refractivity contribution in [2.24, 2.45) is 5.16 Å². The number of carbonyl (C=O) groups excluding carboxylic acids is 1. The summed E-state index contributed by atoms with van der Waals surface area (Å²) in [5, 5.41) is 7.09. The summed E-state index contributed by atoms with van der Waals surface area (Å²) in [6.45, 7) is -0.805. The van der Waals surface area contributed by atoms with Crippen molar-refractivity contribution in [2.45, 2.75) is 44.0 Å². The molecule has 226 valence electrons. The third-order valence-electron chi connectivity index (χ3n) is 5.92. The van der Waals surface area contributed by atoms with Gasteiger partial charge in [-0.2, -0.15) is 44.5 Å². The monoisotopic (exact) mass is 651 g/mol. The molecule has 0 spiro atoms. The predicted octanol–water partition coefficient (Wildman–Crippen LogP) is 7.45. The van der Waals surface area contributed by atoms with Crippen molar-refractivity contribution in [3.05, 3.63) is 74.3 Å². The summed E-state index contributed by atoms with van der Waals surface area (Å²) < 4.78 is 133. The number of alkyl halides is 9. The molecule has 0 radical (unpaired) electrons. The molecule has 1 aliphatic heterocycles. The number of amides is 1. The minimum Gasteiger partial charge on any atom is -0.374 e. The molecule has 0 aliphatic carbocycles. The number of anilines is 1. The van der Waals surface area contributed by atoms with Gasteiger partial charge in [-0.05, 0) is 42.3 Å². The van der Waals surface area contributed by atoms with Crippen LogP contribution >= 0.6 is 23.2 Å². The van der Waals surface area contributed by atoms with Gasteiger partial charge in [-0.15, -0.1) is 5.10 Å². The van der Waals surface area contributed by atoms with E-state index in [0.29, 0.717) is 12.1 Å². The van der Waals surface area contributed by atoms with Gasteiger partial charge in [0.15, 0.2) is 5.82 Å². The number of oxime groups is 1. The van der Waals surface area contributed by atoms with E-state index >= 15 is 0 Å². The van der Waals surface area contributed by atoms with E-state index in [1.165, 1.54) is 13.0 Å². The molecule has 1 unspecified atom stereocenters. The van der Waals surface area contributed by atoms with Gasteiger partial charge in [0.25, 0.3) is 11.5 Å². The first kappa shape index (κ1) is 31.3. The molecule has 4 rings (SSSR count). The smallest absolute Gasteiger partial charge is 0.374 e. The van der Waals surface area contributed by atoms with Gasteiger partial charge < -0.3 is 4.84 Å². The van der Waals surface area contributed by atoms with Gasteiger partial charge in [-0.3, -0.25) is 10.1 Å². The number of benzene rings is 2. The van der Waals surface area contributed by atoms with Crippen LogP contribution in [-0.4, -0.2) is 38.7 Å². The van der Waals surface area contributed by atoms with Crippen LogP contribution in [-0.2, 0) is 23.2 Å². The molecule has 0 bridgehead atoms. The number of carbonyl (C=O) groups is 1. The van der Waals surface area contributed by atoms with E-state index in [1.54, 1.807) is 0 Å². The Morgan fingerprint density at radius 2 is 1.67 bits per heavy atom. The number of halogens is 12. The third kappa shape index (κ3) is 6.11. The van der Waals surface area contributed by atoms with Crippen molar-refractivity contribution >= 4 is 40.8 Å². The summed E-state index contributed by atoms with van der Waals surface area (Å²) in [6, 6.07) is 4.84. The Morgan fingerprint density at radius 3 is 2.19 bits per heavy atom. The normalized spacial score (nSPS) is 17.7. The van der Waals surface area contributed by atoms with Crippen LogP contribution in [0.5, 0.6) is 0 Å². The zero-order valence-electron chi connectivity index (χ0n) is 20.4. The summed E-state index contributed by atoms with van der Waals surface area (Å²) in [4.78, 5) is 20.4. The second-order valence-electron chi connectivity index (χ2n) is 8.90. The predicted molar refractivity (Wildman–Crippen MR) is 127 cm³/mol. The summed E-state index contributed by atoms with van der Waals surface area (Å²) in [5.74, 6) is -5.33. The Morgan fingerprint density at radius 1 is 1.05 bits per heavy atom. The van der Waals surface area contributed by atoms with Gasteiger partial charge >= 0.3 is 18.5 Å². The summed E-state index contributed by atoms with van der Waals surface area (Å²) in [7, 11) is 0. The third-order valence-corrected chi connectivity index (χ3v) is 6.47. The van der Waals surface area contributed by atoms with E-state index in [9.17, 15) is 48.7 Å². The van der Waals surface area contributed by atoms with Gasteiger partial charge in [-0.25, -0.2) is 9.07 Å². The molecule has 1 N–H and O–H groups in total. The Bertz CT molecular complexity index is 1560. The number of nitrogens with one attached hydrogen (secondary N) is 1. The van der Waals surface area contributed by atoms with E-state index < -0.39 is 80.9 Å². The zero-order valence-corrected chi connectivity index (χ0v) is 22.0. The molecule has 0 saturated carbocycles. The number of aryl methyl sites for hydroxylation is 1. The fourth-order valence-corrected chi connectivity index (χ4v) is 4.49. The molecule has 0 saturated heterocycles. The highest BCUT2D eigenvalue weighted by molar-refractivity contribution is 6.35. The number of rotatable bonds is 5. The van der Waals surface area contributed by atoms with E-state index in [4.69, 9.17) is 28.0 Å². The van der Waals surface area contributed by atoms with E-state index in [2.05, 4.69) is 15.2 Å². The first-order valence-electron chi connectivity index (χ1n) is 11.2. The van der Waals surface area contributed by atoms with Crippen molar-refractivity contribution in [3.63, 3.8) is 0 Å². The first-order valence-corrected chi connectivity index (χ1v) is 12.0. The van der Waals surface area contributed by atoms with Crippen LogP contribution in [0.25, 0.3) is 0 Å². The highest BCUT2D eigenvalue weighted by Gasteiger charge is 2.62. The van der Waals surface area contributed by atoms with Crippen molar-refractivity contribution in [3.8, 4) is 0 Å². The molecule has 1 amide bonds. The van der Waals surface area contributed by atoms with Crippen LogP contribution in [0.4, 0.5) is 49.9 Å². The van der Waals surface area contributed by atoms with Crippen molar-refractivity contribution in [1.29, 1.82) is 0 Å². The second kappa shape index (κ2) is 10.6. The standard InChI is InChI=1S/C23H13Cl2F10N5O2/c1-9-4-10(15-7-20(42-39-15,23(33,34)35)11-5-13(24)16(26)14(25)6-11)2-3-12(9)17(41)36-19-37-18(22(30,31)32)40(38-19)8-21(27,28)29/h2-6H,7-8H2,1H3,(H,36,38,41). The maximum atomic E-state index is 14.2. The van der Waals surface area contributed by atoms with Gasteiger partial charge in [0, 0.05) is 17.5 Å². The second-order valence-corrected chi connectivity index (χ2v) is 9.71. The van der Waals surface area contributed by atoms with Crippen LogP contribution in [0, 0.1) is 12.7 Å². The number of nitrogens with zero attached hydrogens (tertiary/aromatic N) is 4. The molecule has 0 fully saturated rings. The van der Waals surface area contributed by atoms with Crippen LogP contribution in [0.1, 0.15) is 39.3 Å². The van der Waals surface area contributed by atoms with E-state index in [1.807, 2.05) is 5.32 Å². The molecule has 1 aliphatic rings. The van der Waals surface area contributed by atoms with E-state index in [0.717, 1.165) is 12.1 Å². The van der Waals surface area contributed by atoms with Crippen molar-refractivity contribution < 1.29 is 53.5 Å². The van der Waals surface area contributed by atoms with Crippen molar-refractivity contribution in [2.75, 3.05) is 5.32 Å². The SMILES string of the molecule is Cc1cc(C2=NOC(c3cc(Cl)c(F)c(Cl)c3)(C(F)(F)F)C2)ccc1C(=O)Nc1nc(C(F)(F)F)n(CC(F)(F)F)n1. The Labute approximate surface area is 238 Å². The number of aromatic nitrogens is 3. The molecular weight excluding hydrogens is 639 g/mol. The maximum absolute atomic E-state index is 14.2. The van der Waals surface area contributed by atoms with Crippen LogP contribution in [0.3, 0.4) is 0 Å². The van der Waals surface area contributed by atoms with Crippen LogP contribution < -0.4 is 5.32 Å². The molecule has 42 heavy (non-hydrogen) atoms. The molecule has 1 aromatic heterocycles. The summed E-state index contributed by atoms with van der Waals surface area (Å²) >= 11 is 11.4. The lowest BCUT2D eigenvalue weighted by molar-refractivity contribution is -0.275. The minimum absolute atomic E-state index is 0.0430. The molecule has 7 nitrogen and oxygen atoms in total. The zero-order chi connectivity index (χ0) is 31.4. The van der Waals surface area contributed by atoms with Gasteiger partial charge in [0.1, 0.15) is 6.54 Å². The fraction of sp³-hybridized carbons (Fsp3) is 0.304. The largest absolute Gasteiger partial charge is 0.451 e. The Hall–Kier alpha value is -3.60. The molecule has 2 aromatic carbocycles. The lowest BCUT2D eigenvalue weighted by Crippen LogP contribution is -2.42. The molecule has 1 atom stereocenters. The lowest BCUT2D eigenvalue weighted by Gasteiger charge is -2.29.